The number of rotatable bonds is 7. The lowest BCUT2D eigenvalue weighted by Gasteiger charge is -2.13. The standard InChI is InChI=1S/C23H18ClN3OS2/c1-3-16-9-10-17(24)11-21(16)30-19-12-20(28-18-7-5-4-6-8-18)22(25-13-19)27-23-26-15(2)14-29-23/h3-14H,1H2,2H3,(H,25,26,27). The van der Waals surface area contributed by atoms with E-state index in [1.807, 2.05) is 73.0 Å². The molecule has 0 atom stereocenters. The van der Waals surface area contributed by atoms with Gasteiger partial charge in [-0.3, -0.25) is 0 Å². The van der Waals surface area contributed by atoms with E-state index in [-0.39, 0.29) is 0 Å². The second-order valence-electron chi connectivity index (χ2n) is 6.34. The van der Waals surface area contributed by atoms with E-state index in [2.05, 4.69) is 21.9 Å². The number of nitrogens with one attached hydrogen (secondary N) is 1. The molecule has 150 valence electrons. The van der Waals surface area contributed by atoms with Crippen LogP contribution in [-0.4, -0.2) is 9.97 Å². The Balaban J connectivity index is 1.68. The van der Waals surface area contributed by atoms with E-state index in [9.17, 15) is 0 Å². The first-order valence-electron chi connectivity index (χ1n) is 9.12. The van der Waals surface area contributed by atoms with Crippen molar-refractivity contribution in [1.82, 2.24) is 9.97 Å². The molecule has 7 heteroatoms. The summed E-state index contributed by atoms with van der Waals surface area (Å²) >= 11 is 9.27. The van der Waals surface area contributed by atoms with Crippen LogP contribution < -0.4 is 10.1 Å². The van der Waals surface area contributed by atoms with Crippen molar-refractivity contribution in [2.45, 2.75) is 16.7 Å². The van der Waals surface area contributed by atoms with Gasteiger partial charge in [0.1, 0.15) is 5.75 Å². The predicted molar refractivity (Wildman–Crippen MR) is 127 cm³/mol. The van der Waals surface area contributed by atoms with E-state index < -0.39 is 0 Å². The number of nitrogens with zero attached hydrogens (tertiary/aromatic N) is 2. The fourth-order valence-corrected chi connectivity index (χ4v) is 4.58. The number of hydrogen-bond acceptors (Lipinski definition) is 6. The highest BCUT2D eigenvalue weighted by Gasteiger charge is 2.13. The number of aromatic nitrogens is 2. The number of ether oxygens (including phenoxy) is 1. The minimum absolute atomic E-state index is 0.604. The maximum Gasteiger partial charge on any atom is 0.188 e. The van der Waals surface area contributed by atoms with Crippen LogP contribution in [0.1, 0.15) is 11.3 Å². The molecular weight excluding hydrogens is 434 g/mol. The lowest BCUT2D eigenvalue weighted by atomic mass is 10.2. The van der Waals surface area contributed by atoms with Crippen LogP contribution in [0.5, 0.6) is 11.5 Å². The molecule has 2 aromatic heterocycles. The van der Waals surface area contributed by atoms with Crippen LogP contribution in [0, 0.1) is 6.92 Å². The van der Waals surface area contributed by atoms with Gasteiger partial charge in [-0.2, -0.15) is 0 Å². The number of thiazole rings is 1. The summed E-state index contributed by atoms with van der Waals surface area (Å²) in [5, 5.41) is 6.69. The Hall–Kier alpha value is -2.80. The molecule has 4 nitrogen and oxygen atoms in total. The summed E-state index contributed by atoms with van der Waals surface area (Å²) < 4.78 is 6.14. The molecular formula is C23H18ClN3OS2. The molecule has 0 saturated heterocycles. The molecule has 4 aromatic rings. The minimum Gasteiger partial charge on any atom is -0.453 e. The lowest BCUT2D eigenvalue weighted by molar-refractivity contribution is 0.481. The van der Waals surface area contributed by atoms with Gasteiger partial charge in [-0.05, 0) is 36.8 Å². The average molecular weight is 452 g/mol. The molecule has 4 rings (SSSR count). The van der Waals surface area contributed by atoms with Gasteiger partial charge in [0.05, 0.1) is 5.69 Å². The number of benzene rings is 2. The molecule has 2 aromatic carbocycles. The van der Waals surface area contributed by atoms with Crippen LogP contribution in [0.25, 0.3) is 6.08 Å². The van der Waals surface area contributed by atoms with Crippen molar-refractivity contribution >= 4 is 51.7 Å². The Morgan fingerprint density at radius 2 is 2.00 bits per heavy atom. The minimum atomic E-state index is 0.604. The first-order chi connectivity index (χ1) is 14.6. The maximum absolute atomic E-state index is 6.19. The van der Waals surface area contributed by atoms with Crippen molar-refractivity contribution in [3.05, 3.63) is 89.0 Å². The van der Waals surface area contributed by atoms with E-state index in [0.717, 1.165) is 31.9 Å². The fourth-order valence-electron chi connectivity index (χ4n) is 2.67. The van der Waals surface area contributed by atoms with Gasteiger partial charge in [-0.25, -0.2) is 9.97 Å². The van der Waals surface area contributed by atoms with E-state index in [1.54, 1.807) is 18.0 Å². The van der Waals surface area contributed by atoms with E-state index in [1.165, 1.54) is 11.3 Å². The van der Waals surface area contributed by atoms with Crippen LogP contribution in [0.15, 0.2) is 82.5 Å². The van der Waals surface area contributed by atoms with Crippen molar-refractivity contribution in [2.24, 2.45) is 0 Å². The Morgan fingerprint density at radius 1 is 1.17 bits per heavy atom. The Kier molecular flexibility index (Phi) is 6.38. The Morgan fingerprint density at radius 3 is 2.73 bits per heavy atom. The zero-order valence-corrected chi connectivity index (χ0v) is 18.5. The van der Waals surface area contributed by atoms with Crippen LogP contribution in [0.2, 0.25) is 5.02 Å². The average Bonchev–Trinajstić information content (AvgIpc) is 3.15. The van der Waals surface area contributed by atoms with Crippen molar-refractivity contribution in [2.75, 3.05) is 5.32 Å². The maximum atomic E-state index is 6.19. The van der Waals surface area contributed by atoms with Gasteiger partial charge < -0.3 is 10.1 Å². The largest absolute Gasteiger partial charge is 0.453 e. The molecule has 0 spiro atoms. The molecule has 0 bridgehead atoms. The highest BCUT2D eigenvalue weighted by Crippen LogP contribution is 2.38. The van der Waals surface area contributed by atoms with Crippen LogP contribution in [0.3, 0.4) is 0 Å². The molecule has 1 N–H and O–H groups in total. The molecule has 0 amide bonds. The number of pyridine rings is 1. The van der Waals surface area contributed by atoms with Crippen molar-refractivity contribution in [3.8, 4) is 11.5 Å². The second kappa shape index (κ2) is 9.34. The lowest BCUT2D eigenvalue weighted by Crippen LogP contribution is -1.97. The topological polar surface area (TPSA) is 47.0 Å². The summed E-state index contributed by atoms with van der Waals surface area (Å²) in [6.07, 6.45) is 3.62. The third kappa shape index (κ3) is 5.02. The van der Waals surface area contributed by atoms with E-state index >= 15 is 0 Å². The molecule has 0 fully saturated rings. The highest BCUT2D eigenvalue weighted by atomic mass is 35.5. The summed E-state index contributed by atoms with van der Waals surface area (Å²) in [7, 11) is 0. The van der Waals surface area contributed by atoms with Gasteiger partial charge in [-0.1, -0.05) is 60.3 Å². The molecule has 0 saturated carbocycles. The van der Waals surface area contributed by atoms with Gasteiger partial charge in [0, 0.05) is 32.5 Å². The van der Waals surface area contributed by atoms with Crippen molar-refractivity contribution < 1.29 is 4.74 Å². The molecule has 0 unspecified atom stereocenters. The van der Waals surface area contributed by atoms with Crippen LogP contribution in [0.4, 0.5) is 10.9 Å². The van der Waals surface area contributed by atoms with Crippen LogP contribution >= 0.6 is 34.7 Å². The Bertz CT molecular complexity index is 1180. The SMILES string of the molecule is C=Cc1ccc(Cl)cc1Sc1cnc(Nc2nc(C)cs2)c(Oc2ccccc2)c1. The normalized spacial score (nSPS) is 10.6. The molecule has 0 aliphatic carbocycles. The monoisotopic (exact) mass is 451 g/mol. The van der Waals surface area contributed by atoms with Gasteiger partial charge in [0.25, 0.3) is 0 Å². The number of hydrogen-bond donors (Lipinski definition) is 1. The zero-order valence-electron chi connectivity index (χ0n) is 16.1. The number of halogens is 1. The quantitative estimate of drug-likeness (QED) is 0.310. The zero-order chi connectivity index (χ0) is 20.9. The van der Waals surface area contributed by atoms with E-state index in [0.29, 0.717) is 16.6 Å². The first kappa shape index (κ1) is 20.5. The molecule has 30 heavy (non-hydrogen) atoms. The predicted octanol–water partition coefficient (Wildman–Crippen LogP) is 7.83. The van der Waals surface area contributed by atoms with Crippen LogP contribution in [-0.2, 0) is 0 Å². The van der Waals surface area contributed by atoms with Gasteiger partial charge >= 0.3 is 0 Å². The smallest absolute Gasteiger partial charge is 0.188 e. The summed E-state index contributed by atoms with van der Waals surface area (Å²) in [5.74, 6) is 1.95. The first-order valence-corrected chi connectivity index (χ1v) is 11.2. The van der Waals surface area contributed by atoms with Gasteiger partial charge in [0.2, 0.25) is 0 Å². The molecule has 0 aliphatic rings. The summed E-state index contributed by atoms with van der Waals surface area (Å²) in [6, 6.07) is 17.3. The summed E-state index contributed by atoms with van der Waals surface area (Å²) in [6.45, 7) is 5.84. The highest BCUT2D eigenvalue weighted by molar-refractivity contribution is 7.99. The number of para-hydroxylation sites is 1. The Labute approximate surface area is 188 Å². The van der Waals surface area contributed by atoms with Gasteiger partial charge in [-0.15, -0.1) is 11.3 Å². The van der Waals surface area contributed by atoms with Gasteiger partial charge in [0.15, 0.2) is 16.7 Å². The second-order valence-corrected chi connectivity index (χ2v) is 8.75. The third-order valence-corrected chi connectivity index (χ3v) is 6.21. The number of aryl methyl sites for hydroxylation is 1. The summed E-state index contributed by atoms with van der Waals surface area (Å²) in [4.78, 5) is 11.0. The molecule has 2 heterocycles. The van der Waals surface area contributed by atoms with Crippen molar-refractivity contribution in [1.29, 1.82) is 0 Å². The van der Waals surface area contributed by atoms with Crippen molar-refractivity contribution in [3.63, 3.8) is 0 Å². The fraction of sp³-hybridized carbons (Fsp3) is 0.0435. The van der Waals surface area contributed by atoms with E-state index in [4.69, 9.17) is 16.3 Å². The third-order valence-electron chi connectivity index (χ3n) is 4.07. The summed E-state index contributed by atoms with van der Waals surface area (Å²) in [5.41, 5.74) is 1.97. The molecule has 0 radical (unpaired) electrons. The number of anilines is 2. The molecule has 0 aliphatic heterocycles.